The molecular formula is C27H21N. The topological polar surface area (TPSA) is 3.24 Å². The lowest BCUT2D eigenvalue weighted by molar-refractivity contribution is 1.30. The van der Waals surface area contributed by atoms with Crippen molar-refractivity contribution < 1.29 is 0 Å². The van der Waals surface area contributed by atoms with Crippen LogP contribution in [-0.4, -0.2) is 0 Å². The SMILES string of the molecule is Cc1cccc2c(N(c3ccccc3)c3ccc4ccccc4c3)cccc12. The normalized spacial score (nSPS) is 11.0. The first kappa shape index (κ1) is 16.6. The molecule has 5 aromatic rings. The summed E-state index contributed by atoms with van der Waals surface area (Å²) in [6.07, 6.45) is 0. The van der Waals surface area contributed by atoms with Crippen LogP contribution in [0.15, 0.2) is 109 Å². The van der Waals surface area contributed by atoms with Crippen molar-refractivity contribution >= 4 is 38.6 Å². The van der Waals surface area contributed by atoms with E-state index in [0.29, 0.717) is 0 Å². The second-order valence-corrected chi connectivity index (χ2v) is 7.15. The zero-order chi connectivity index (χ0) is 18.9. The summed E-state index contributed by atoms with van der Waals surface area (Å²) in [6, 6.07) is 38.9. The largest absolute Gasteiger partial charge is 0.310 e. The standard InChI is InChI=1S/C27H21N/c1-20-9-7-15-26-25(20)14-8-16-27(26)28(23-12-3-2-4-13-23)24-18-17-21-10-5-6-11-22(21)19-24/h2-19H,1H3. The molecule has 0 atom stereocenters. The molecule has 0 aliphatic carbocycles. The number of benzene rings is 5. The maximum atomic E-state index is 2.36. The van der Waals surface area contributed by atoms with Gasteiger partial charge in [-0.25, -0.2) is 0 Å². The lowest BCUT2D eigenvalue weighted by Gasteiger charge is -2.27. The van der Waals surface area contributed by atoms with Gasteiger partial charge in [0.1, 0.15) is 0 Å². The van der Waals surface area contributed by atoms with Crippen LogP contribution in [0.3, 0.4) is 0 Å². The van der Waals surface area contributed by atoms with Crippen molar-refractivity contribution in [3.63, 3.8) is 0 Å². The van der Waals surface area contributed by atoms with E-state index in [1.807, 2.05) is 0 Å². The van der Waals surface area contributed by atoms with Crippen LogP contribution >= 0.6 is 0 Å². The lowest BCUT2D eigenvalue weighted by Crippen LogP contribution is -2.10. The van der Waals surface area contributed by atoms with Crippen LogP contribution in [0, 0.1) is 6.92 Å². The Morgan fingerprint density at radius 1 is 0.500 bits per heavy atom. The average molecular weight is 359 g/mol. The van der Waals surface area contributed by atoms with Crippen LogP contribution in [-0.2, 0) is 0 Å². The van der Waals surface area contributed by atoms with Gasteiger partial charge in [0.05, 0.1) is 5.69 Å². The van der Waals surface area contributed by atoms with E-state index in [9.17, 15) is 0 Å². The summed E-state index contributed by atoms with van der Waals surface area (Å²) in [6.45, 7) is 2.18. The molecule has 5 aromatic carbocycles. The Labute approximate surface area is 165 Å². The van der Waals surface area contributed by atoms with Gasteiger partial charge in [0.15, 0.2) is 0 Å². The number of para-hydroxylation sites is 1. The molecule has 0 aromatic heterocycles. The van der Waals surface area contributed by atoms with Gasteiger partial charge in [0.2, 0.25) is 0 Å². The molecule has 0 unspecified atom stereocenters. The van der Waals surface area contributed by atoms with Gasteiger partial charge < -0.3 is 4.90 Å². The van der Waals surface area contributed by atoms with E-state index in [-0.39, 0.29) is 0 Å². The minimum atomic E-state index is 1.16. The summed E-state index contributed by atoms with van der Waals surface area (Å²) in [4.78, 5) is 2.36. The Kier molecular flexibility index (Phi) is 4.06. The first-order chi connectivity index (χ1) is 13.8. The molecule has 0 amide bonds. The molecule has 0 fully saturated rings. The van der Waals surface area contributed by atoms with Gasteiger partial charge in [-0.1, -0.05) is 78.9 Å². The monoisotopic (exact) mass is 359 g/mol. The maximum absolute atomic E-state index is 2.36. The number of hydrogen-bond donors (Lipinski definition) is 0. The summed E-state index contributed by atoms with van der Waals surface area (Å²) in [5.41, 5.74) is 4.82. The fourth-order valence-electron chi connectivity index (χ4n) is 3.97. The third-order valence-corrected chi connectivity index (χ3v) is 5.36. The molecule has 1 heteroatoms. The Morgan fingerprint density at radius 2 is 1.21 bits per heavy atom. The molecule has 0 heterocycles. The van der Waals surface area contributed by atoms with Crippen molar-refractivity contribution in [1.82, 2.24) is 0 Å². The first-order valence-electron chi connectivity index (χ1n) is 9.63. The number of aryl methyl sites for hydroxylation is 1. The zero-order valence-electron chi connectivity index (χ0n) is 15.8. The molecule has 0 bridgehead atoms. The Hall–Kier alpha value is -3.58. The predicted molar refractivity (Wildman–Crippen MR) is 121 cm³/mol. The number of fused-ring (bicyclic) bond motifs is 2. The number of hydrogen-bond acceptors (Lipinski definition) is 1. The second kappa shape index (κ2) is 6.86. The van der Waals surface area contributed by atoms with Crippen molar-refractivity contribution in [2.45, 2.75) is 6.92 Å². The molecule has 0 aliphatic heterocycles. The fourth-order valence-corrected chi connectivity index (χ4v) is 3.97. The van der Waals surface area contributed by atoms with Crippen LogP contribution < -0.4 is 4.90 Å². The van der Waals surface area contributed by atoms with E-state index in [1.165, 1.54) is 38.5 Å². The van der Waals surface area contributed by atoms with E-state index in [4.69, 9.17) is 0 Å². The summed E-state index contributed by atoms with van der Waals surface area (Å²) in [5, 5.41) is 5.06. The summed E-state index contributed by atoms with van der Waals surface area (Å²) >= 11 is 0. The second-order valence-electron chi connectivity index (χ2n) is 7.15. The van der Waals surface area contributed by atoms with Crippen molar-refractivity contribution in [3.8, 4) is 0 Å². The van der Waals surface area contributed by atoms with Crippen molar-refractivity contribution in [1.29, 1.82) is 0 Å². The first-order valence-corrected chi connectivity index (χ1v) is 9.63. The van der Waals surface area contributed by atoms with Crippen LogP contribution in [0.2, 0.25) is 0 Å². The average Bonchev–Trinajstić information content (AvgIpc) is 2.75. The highest BCUT2D eigenvalue weighted by molar-refractivity contribution is 6.01. The summed E-state index contributed by atoms with van der Waals surface area (Å²) in [7, 11) is 0. The number of rotatable bonds is 3. The van der Waals surface area contributed by atoms with Crippen LogP contribution in [0.5, 0.6) is 0 Å². The van der Waals surface area contributed by atoms with Gasteiger partial charge in [-0.05, 0) is 59.0 Å². The van der Waals surface area contributed by atoms with Gasteiger partial charge in [0.25, 0.3) is 0 Å². The van der Waals surface area contributed by atoms with E-state index in [2.05, 4.69) is 121 Å². The van der Waals surface area contributed by atoms with Crippen molar-refractivity contribution in [3.05, 3.63) is 115 Å². The van der Waals surface area contributed by atoms with E-state index in [1.54, 1.807) is 0 Å². The molecule has 134 valence electrons. The fraction of sp³-hybridized carbons (Fsp3) is 0.0370. The molecule has 0 N–H and O–H groups in total. The smallest absolute Gasteiger partial charge is 0.0540 e. The minimum absolute atomic E-state index is 1.16. The third kappa shape index (κ3) is 2.82. The summed E-state index contributed by atoms with van der Waals surface area (Å²) in [5.74, 6) is 0. The molecule has 5 rings (SSSR count). The highest BCUT2D eigenvalue weighted by Crippen LogP contribution is 2.40. The zero-order valence-corrected chi connectivity index (χ0v) is 15.8. The van der Waals surface area contributed by atoms with Crippen LogP contribution in [0.4, 0.5) is 17.1 Å². The van der Waals surface area contributed by atoms with Gasteiger partial charge in [-0.2, -0.15) is 0 Å². The lowest BCUT2D eigenvalue weighted by atomic mass is 10.0. The highest BCUT2D eigenvalue weighted by atomic mass is 15.1. The van der Waals surface area contributed by atoms with Crippen LogP contribution in [0.25, 0.3) is 21.5 Å². The molecule has 28 heavy (non-hydrogen) atoms. The minimum Gasteiger partial charge on any atom is -0.310 e. The quantitative estimate of drug-likeness (QED) is 0.318. The molecule has 0 saturated carbocycles. The Balaban J connectivity index is 1.80. The van der Waals surface area contributed by atoms with Crippen LogP contribution in [0.1, 0.15) is 5.56 Å². The van der Waals surface area contributed by atoms with Gasteiger partial charge in [-0.3, -0.25) is 0 Å². The Bertz CT molecular complexity index is 1270. The molecular weight excluding hydrogens is 338 g/mol. The highest BCUT2D eigenvalue weighted by Gasteiger charge is 2.15. The molecule has 0 spiro atoms. The van der Waals surface area contributed by atoms with Crippen molar-refractivity contribution in [2.75, 3.05) is 4.90 Å². The van der Waals surface area contributed by atoms with E-state index in [0.717, 1.165) is 5.69 Å². The van der Waals surface area contributed by atoms with E-state index >= 15 is 0 Å². The van der Waals surface area contributed by atoms with E-state index < -0.39 is 0 Å². The van der Waals surface area contributed by atoms with Gasteiger partial charge in [0, 0.05) is 16.8 Å². The summed E-state index contributed by atoms with van der Waals surface area (Å²) < 4.78 is 0. The number of nitrogens with zero attached hydrogens (tertiary/aromatic N) is 1. The molecule has 0 saturated heterocycles. The third-order valence-electron chi connectivity index (χ3n) is 5.36. The maximum Gasteiger partial charge on any atom is 0.0540 e. The molecule has 0 radical (unpaired) electrons. The number of anilines is 3. The van der Waals surface area contributed by atoms with Crippen molar-refractivity contribution in [2.24, 2.45) is 0 Å². The molecule has 0 aliphatic rings. The Morgan fingerprint density at radius 3 is 2.07 bits per heavy atom. The van der Waals surface area contributed by atoms with Gasteiger partial charge >= 0.3 is 0 Å². The van der Waals surface area contributed by atoms with Gasteiger partial charge in [-0.15, -0.1) is 0 Å². The molecule has 1 nitrogen and oxygen atoms in total. The predicted octanol–water partition coefficient (Wildman–Crippen LogP) is 7.77.